The minimum atomic E-state index is -4.06. The molecule has 37 heavy (non-hydrogen) atoms. The number of hydrogen-bond acceptors (Lipinski definition) is 10. The molecule has 0 atom stereocenters. The highest BCUT2D eigenvalue weighted by Gasteiger charge is 2.35. The third-order valence-corrected chi connectivity index (χ3v) is 9.38. The lowest BCUT2D eigenvalue weighted by atomic mass is 9.97. The highest BCUT2D eigenvalue weighted by atomic mass is 32.2. The van der Waals surface area contributed by atoms with E-state index in [0.717, 1.165) is 6.26 Å². The molecular weight excluding hydrogens is 524 g/mol. The number of hydrogen-bond donors (Lipinski definition) is 1. The predicted octanol–water partition coefficient (Wildman–Crippen LogP) is 1.95. The first-order valence-electron chi connectivity index (χ1n) is 11.5. The zero-order chi connectivity index (χ0) is 26.2. The van der Waals surface area contributed by atoms with Crippen LogP contribution < -0.4 is 14.8 Å². The monoisotopic (exact) mass is 548 g/mol. The van der Waals surface area contributed by atoms with Crippen molar-refractivity contribution in [3.63, 3.8) is 0 Å². The second-order valence-corrected chi connectivity index (χ2v) is 12.5. The van der Waals surface area contributed by atoms with Crippen LogP contribution in [0.4, 0.5) is 6.01 Å². The lowest BCUT2D eigenvalue weighted by Gasteiger charge is -2.30. The minimum absolute atomic E-state index is 0.0603. The van der Waals surface area contributed by atoms with Gasteiger partial charge in [-0.05, 0) is 43.2 Å². The second-order valence-electron chi connectivity index (χ2n) is 8.66. The number of nitrogens with zero attached hydrogens (tertiary/aromatic N) is 3. The molecule has 2 aromatic carbocycles. The summed E-state index contributed by atoms with van der Waals surface area (Å²) in [5, 5.41) is 10.5. The van der Waals surface area contributed by atoms with Crippen LogP contribution >= 0.6 is 0 Å². The number of carbonyl (C=O) groups excluding carboxylic acids is 1. The van der Waals surface area contributed by atoms with E-state index in [1.807, 2.05) is 0 Å². The third kappa shape index (κ3) is 5.17. The molecule has 1 saturated heterocycles. The Kier molecular flexibility index (Phi) is 6.64. The Labute approximate surface area is 213 Å². The van der Waals surface area contributed by atoms with E-state index in [-0.39, 0.29) is 53.5 Å². The van der Waals surface area contributed by atoms with Crippen molar-refractivity contribution < 1.29 is 35.5 Å². The topological polar surface area (TPSA) is 158 Å². The average molecular weight is 549 g/mol. The summed E-state index contributed by atoms with van der Waals surface area (Å²) in [5.41, 5.74) is 0.602. The molecule has 12 nitrogen and oxygen atoms in total. The van der Waals surface area contributed by atoms with Crippen LogP contribution in [0.3, 0.4) is 0 Å². The first-order valence-corrected chi connectivity index (χ1v) is 14.8. The first-order chi connectivity index (χ1) is 17.6. The van der Waals surface area contributed by atoms with Crippen LogP contribution in [0.1, 0.15) is 12.8 Å². The molecule has 0 radical (unpaired) electrons. The Morgan fingerprint density at radius 2 is 1.62 bits per heavy atom. The van der Waals surface area contributed by atoms with Gasteiger partial charge in [0.25, 0.3) is 0 Å². The van der Waals surface area contributed by atoms with Crippen molar-refractivity contribution in [1.82, 2.24) is 14.5 Å². The van der Waals surface area contributed by atoms with Gasteiger partial charge in [-0.3, -0.25) is 10.1 Å². The number of sulfonamides is 1. The minimum Gasteiger partial charge on any atom is -0.486 e. The molecule has 2 aliphatic rings. The van der Waals surface area contributed by atoms with Gasteiger partial charge >= 0.3 is 6.01 Å². The van der Waals surface area contributed by atoms with Crippen LogP contribution in [-0.2, 0) is 24.7 Å². The number of piperidine rings is 1. The standard InChI is InChI=1S/C23H24N4O8S2/c1-36(29,30)19-4-2-3-5-20(19)37(31,32)27-10-8-15(9-11-27)21(28)24-23-26-25-22(35-23)16-6-7-17-18(14-16)34-13-12-33-17/h2-7,14-15H,8-13H2,1H3,(H,24,26,28). The number of sulfone groups is 1. The predicted molar refractivity (Wildman–Crippen MR) is 130 cm³/mol. The number of ether oxygens (including phenoxy) is 2. The zero-order valence-corrected chi connectivity index (χ0v) is 21.4. The molecule has 14 heteroatoms. The molecule has 1 aromatic heterocycles. The fourth-order valence-electron chi connectivity index (χ4n) is 4.24. The van der Waals surface area contributed by atoms with Gasteiger partial charge in [-0.2, -0.15) is 4.31 Å². The lowest BCUT2D eigenvalue weighted by Crippen LogP contribution is -2.41. The molecular formula is C23H24N4O8S2. The number of carbonyl (C=O) groups is 1. The molecule has 1 fully saturated rings. The van der Waals surface area contributed by atoms with Gasteiger partial charge in [-0.15, -0.1) is 5.10 Å². The van der Waals surface area contributed by atoms with Gasteiger partial charge in [0.1, 0.15) is 18.1 Å². The summed E-state index contributed by atoms with van der Waals surface area (Å²) in [6.45, 7) is 1.03. The summed E-state index contributed by atoms with van der Waals surface area (Å²) >= 11 is 0. The van der Waals surface area contributed by atoms with Gasteiger partial charge in [0, 0.05) is 30.8 Å². The Morgan fingerprint density at radius 1 is 0.946 bits per heavy atom. The summed E-state index contributed by atoms with van der Waals surface area (Å²) in [5.74, 6) is 0.523. The highest BCUT2D eigenvalue weighted by Crippen LogP contribution is 2.34. The van der Waals surface area contributed by atoms with E-state index in [1.165, 1.54) is 28.6 Å². The SMILES string of the molecule is CS(=O)(=O)c1ccccc1S(=O)(=O)N1CCC(C(=O)Nc2nnc(-c3ccc4c(c3)OCCO4)o2)CC1. The molecule has 2 aliphatic heterocycles. The third-order valence-electron chi connectivity index (χ3n) is 6.14. The summed E-state index contributed by atoms with van der Waals surface area (Å²) in [6.07, 6.45) is 1.46. The number of rotatable bonds is 6. The maximum Gasteiger partial charge on any atom is 0.322 e. The second kappa shape index (κ2) is 9.76. The molecule has 3 heterocycles. The summed E-state index contributed by atoms with van der Waals surface area (Å²) in [7, 11) is -7.80. The van der Waals surface area contributed by atoms with Gasteiger partial charge < -0.3 is 13.9 Å². The molecule has 0 aliphatic carbocycles. The van der Waals surface area contributed by atoms with Crippen LogP contribution in [-0.4, -0.2) is 69.8 Å². The molecule has 1 N–H and O–H groups in total. The molecule has 196 valence electrons. The Hall–Kier alpha value is -3.49. The molecule has 0 spiro atoms. The largest absolute Gasteiger partial charge is 0.486 e. The van der Waals surface area contributed by atoms with Crippen molar-refractivity contribution >= 4 is 31.8 Å². The maximum atomic E-state index is 13.2. The quantitative estimate of drug-likeness (QED) is 0.483. The molecule has 5 rings (SSSR count). The maximum absolute atomic E-state index is 13.2. The fourth-order valence-corrected chi connectivity index (χ4v) is 7.31. The van der Waals surface area contributed by atoms with E-state index >= 15 is 0 Å². The Bertz CT molecular complexity index is 1540. The van der Waals surface area contributed by atoms with E-state index in [4.69, 9.17) is 13.9 Å². The van der Waals surface area contributed by atoms with Gasteiger partial charge in [-0.1, -0.05) is 17.2 Å². The van der Waals surface area contributed by atoms with E-state index in [9.17, 15) is 21.6 Å². The van der Waals surface area contributed by atoms with Crippen molar-refractivity contribution in [3.8, 4) is 23.0 Å². The van der Waals surface area contributed by atoms with Crippen LogP contribution in [0.2, 0.25) is 0 Å². The number of anilines is 1. The van der Waals surface area contributed by atoms with Gasteiger partial charge in [0.2, 0.25) is 21.8 Å². The smallest absolute Gasteiger partial charge is 0.322 e. The van der Waals surface area contributed by atoms with Gasteiger partial charge in [0.05, 0.1) is 4.90 Å². The van der Waals surface area contributed by atoms with E-state index in [2.05, 4.69) is 15.5 Å². The van der Waals surface area contributed by atoms with Crippen LogP contribution in [0.25, 0.3) is 11.5 Å². The number of amides is 1. The number of aromatic nitrogens is 2. The van der Waals surface area contributed by atoms with Crippen molar-refractivity contribution in [1.29, 1.82) is 0 Å². The normalized spacial score (nSPS) is 16.9. The van der Waals surface area contributed by atoms with Crippen LogP contribution in [0.5, 0.6) is 11.5 Å². The molecule has 1 amide bonds. The van der Waals surface area contributed by atoms with Crippen LogP contribution in [0, 0.1) is 5.92 Å². The van der Waals surface area contributed by atoms with Crippen LogP contribution in [0.15, 0.2) is 56.7 Å². The van der Waals surface area contributed by atoms with Crippen molar-refractivity contribution in [3.05, 3.63) is 42.5 Å². The molecule has 0 unspecified atom stereocenters. The van der Waals surface area contributed by atoms with E-state index < -0.39 is 25.8 Å². The molecule has 3 aromatic rings. The Morgan fingerprint density at radius 3 is 2.32 bits per heavy atom. The van der Waals surface area contributed by atoms with Crippen molar-refractivity contribution in [2.45, 2.75) is 22.6 Å². The van der Waals surface area contributed by atoms with E-state index in [0.29, 0.717) is 30.3 Å². The van der Waals surface area contributed by atoms with Crippen molar-refractivity contribution in [2.75, 3.05) is 37.9 Å². The summed E-state index contributed by atoms with van der Waals surface area (Å²) in [4.78, 5) is 12.3. The lowest BCUT2D eigenvalue weighted by molar-refractivity contribution is -0.121. The highest BCUT2D eigenvalue weighted by molar-refractivity contribution is 7.93. The Balaban J connectivity index is 1.22. The van der Waals surface area contributed by atoms with Crippen molar-refractivity contribution in [2.24, 2.45) is 5.92 Å². The molecule has 0 saturated carbocycles. The summed E-state index contributed by atoms with van der Waals surface area (Å²) < 4.78 is 68.3. The number of benzene rings is 2. The fraction of sp³-hybridized carbons (Fsp3) is 0.348. The zero-order valence-electron chi connectivity index (χ0n) is 19.8. The molecule has 0 bridgehead atoms. The van der Waals surface area contributed by atoms with Gasteiger partial charge in [-0.25, -0.2) is 16.8 Å². The number of nitrogens with one attached hydrogen (secondary N) is 1. The van der Waals surface area contributed by atoms with Gasteiger partial charge in [0.15, 0.2) is 21.3 Å². The average Bonchev–Trinajstić information content (AvgIpc) is 3.36. The number of fused-ring (bicyclic) bond motifs is 1. The summed E-state index contributed by atoms with van der Waals surface area (Å²) in [6, 6.07) is 10.6. The first kappa shape index (κ1) is 25.2. The van der Waals surface area contributed by atoms with E-state index in [1.54, 1.807) is 18.2 Å².